The lowest BCUT2D eigenvalue weighted by Gasteiger charge is -2.19. The van der Waals surface area contributed by atoms with E-state index < -0.39 is 5.97 Å². The molecule has 0 aromatic carbocycles. The van der Waals surface area contributed by atoms with Crippen LogP contribution in [-0.4, -0.2) is 57.5 Å². The SMILES string of the molecule is CCN(CCNC(=O)Nc1cnn(CC(=O)O)c1)C1CC1. The molecule has 0 saturated heterocycles. The Kier molecular flexibility index (Phi) is 5.15. The van der Waals surface area contributed by atoms with Crippen LogP contribution in [0, 0.1) is 0 Å². The van der Waals surface area contributed by atoms with Gasteiger partial charge in [-0.05, 0) is 19.4 Å². The average Bonchev–Trinajstić information content (AvgIpc) is 3.17. The summed E-state index contributed by atoms with van der Waals surface area (Å²) in [6, 6.07) is 0.380. The molecule has 0 radical (unpaired) electrons. The number of rotatable bonds is 8. The van der Waals surface area contributed by atoms with Crippen molar-refractivity contribution >= 4 is 17.7 Å². The fourth-order valence-corrected chi connectivity index (χ4v) is 2.18. The van der Waals surface area contributed by atoms with Crippen molar-refractivity contribution in [2.75, 3.05) is 25.0 Å². The molecule has 1 fully saturated rings. The van der Waals surface area contributed by atoms with Gasteiger partial charge in [-0.1, -0.05) is 6.92 Å². The molecule has 0 bridgehead atoms. The number of nitrogens with zero attached hydrogens (tertiary/aromatic N) is 3. The second-order valence-corrected chi connectivity index (χ2v) is 5.06. The van der Waals surface area contributed by atoms with Gasteiger partial charge in [0.2, 0.25) is 0 Å². The van der Waals surface area contributed by atoms with E-state index in [0.717, 1.165) is 13.1 Å². The summed E-state index contributed by atoms with van der Waals surface area (Å²) in [6.07, 6.45) is 5.41. The number of carboxylic acid groups (broad SMARTS) is 1. The fourth-order valence-electron chi connectivity index (χ4n) is 2.18. The Bertz CT molecular complexity index is 498. The summed E-state index contributed by atoms with van der Waals surface area (Å²) in [7, 11) is 0. The third-order valence-corrected chi connectivity index (χ3v) is 3.34. The summed E-state index contributed by atoms with van der Waals surface area (Å²) >= 11 is 0. The van der Waals surface area contributed by atoms with Crippen molar-refractivity contribution in [1.29, 1.82) is 0 Å². The maximum Gasteiger partial charge on any atom is 0.325 e. The van der Waals surface area contributed by atoms with Crippen LogP contribution in [-0.2, 0) is 11.3 Å². The predicted molar refractivity (Wildman–Crippen MR) is 77.2 cm³/mol. The lowest BCUT2D eigenvalue weighted by molar-refractivity contribution is -0.137. The van der Waals surface area contributed by atoms with Crippen molar-refractivity contribution in [3.63, 3.8) is 0 Å². The van der Waals surface area contributed by atoms with Crippen LogP contribution in [0.15, 0.2) is 12.4 Å². The summed E-state index contributed by atoms with van der Waals surface area (Å²) in [5.41, 5.74) is 0.475. The highest BCUT2D eigenvalue weighted by Gasteiger charge is 2.27. The molecule has 21 heavy (non-hydrogen) atoms. The molecule has 8 heteroatoms. The molecule has 2 amide bonds. The topological polar surface area (TPSA) is 99.5 Å². The summed E-state index contributed by atoms with van der Waals surface area (Å²) in [4.78, 5) is 24.6. The van der Waals surface area contributed by atoms with Crippen molar-refractivity contribution in [2.45, 2.75) is 32.4 Å². The van der Waals surface area contributed by atoms with E-state index in [-0.39, 0.29) is 12.6 Å². The molecular weight excluding hydrogens is 274 g/mol. The zero-order valence-electron chi connectivity index (χ0n) is 12.1. The van der Waals surface area contributed by atoms with Gasteiger partial charge in [0.1, 0.15) is 6.54 Å². The van der Waals surface area contributed by atoms with E-state index in [4.69, 9.17) is 5.11 Å². The molecule has 0 aliphatic heterocycles. The predicted octanol–water partition coefficient (Wildman–Crippen LogP) is 0.574. The highest BCUT2D eigenvalue weighted by molar-refractivity contribution is 5.88. The van der Waals surface area contributed by atoms with E-state index in [1.54, 1.807) is 0 Å². The normalized spacial score (nSPS) is 14.2. The van der Waals surface area contributed by atoms with E-state index in [2.05, 4.69) is 27.6 Å². The number of amides is 2. The molecule has 116 valence electrons. The van der Waals surface area contributed by atoms with Gasteiger partial charge >= 0.3 is 12.0 Å². The molecule has 1 saturated carbocycles. The maximum atomic E-state index is 11.7. The van der Waals surface area contributed by atoms with Crippen molar-refractivity contribution < 1.29 is 14.7 Å². The largest absolute Gasteiger partial charge is 0.480 e. The molecule has 1 aliphatic rings. The zero-order chi connectivity index (χ0) is 15.2. The third-order valence-electron chi connectivity index (χ3n) is 3.34. The minimum absolute atomic E-state index is 0.226. The Morgan fingerprint density at radius 3 is 2.90 bits per heavy atom. The molecule has 2 rings (SSSR count). The van der Waals surface area contributed by atoms with Gasteiger partial charge in [0.15, 0.2) is 0 Å². The Labute approximate surface area is 123 Å². The summed E-state index contributed by atoms with van der Waals surface area (Å²) in [5.74, 6) is -0.978. The number of anilines is 1. The fraction of sp³-hybridized carbons (Fsp3) is 0.615. The molecule has 1 aromatic heterocycles. The number of carbonyl (C=O) groups excluding carboxylic acids is 1. The number of aromatic nitrogens is 2. The molecule has 0 unspecified atom stereocenters. The minimum atomic E-state index is -0.978. The van der Waals surface area contributed by atoms with Crippen LogP contribution in [0.5, 0.6) is 0 Å². The van der Waals surface area contributed by atoms with Crippen molar-refractivity contribution in [1.82, 2.24) is 20.0 Å². The van der Waals surface area contributed by atoms with Gasteiger partial charge in [0.25, 0.3) is 0 Å². The van der Waals surface area contributed by atoms with Gasteiger partial charge in [0.05, 0.1) is 11.9 Å². The van der Waals surface area contributed by atoms with Crippen LogP contribution in [0.2, 0.25) is 0 Å². The standard InChI is InChI=1S/C13H21N5O3/c1-2-17(11-3-4-11)6-5-14-13(21)16-10-7-15-18(8-10)9-12(19)20/h7-8,11H,2-6,9H2,1H3,(H,19,20)(H2,14,16,21). The number of aliphatic carboxylic acids is 1. The number of urea groups is 1. The number of carbonyl (C=O) groups is 2. The number of hydrogen-bond donors (Lipinski definition) is 3. The van der Waals surface area contributed by atoms with Gasteiger partial charge in [0, 0.05) is 25.3 Å². The molecule has 8 nitrogen and oxygen atoms in total. The van der Waals surface area contributed by atoms with E-state index in [1.807, 2.05) is 0 Å². The van der Waals surface area contributed by atoms with Crippen LogP contribution < -0.4 is 10.6 Å². The summed E-state index contributed by atoms with van der Waals surface area (Å²) in [5, 5.41) is 17.9. The molecule has 1 aromatic rings. The van der Waals surface area contributed by atoms with Gasteiger partial charge < -0.3 is 15.7 Å². The highest BCUT2D eigenvalue weighted by atomic mass is 16.4. The van der Waals surface area contributed by atoms with Gasteiger partial charge in [-0.3, -0.25) is 14.4 Å². The molecular formula is C13H21N5O3. The Morgan fingerprint density at radius 1 is 1.52 bits per heavy atom. The van der Waals surface area contributed by atoms with E-state index in [1.165, 1.54) is 29.9 Å². The monoisotopic (exact) mass is 295 g/mol. The van der Waals surface area contributed by atoms with Gasteiger partial charge in [-0.2, -0.15) is 5.10 Å². The van der Waals surface area contributed by atoms with Crippen LogP contribution in [0.4, 0.5) is 10.5 Å². The van der Waals surface area contributed by atoms with Crippen LogP contribution in [0.1, 0.15) is 19.8 Å². The van der Waals surface area contributed by atoms with Gasteiger partial charge in [-0.25, -0.2) is 4.79 Å². The van der Waals surface area contributed by atoms with Crippen molar-refractivity contribution in [2.24, 2.45) is 0 Å². The third kappa shape index (κ3) is 5.07. The van der Waals surface area contributed by atoms with Crippen molar-refractivity contribution in [3.8, 4) is 0 Å². The Balaban J connectivity index is 1.68. The Morgan fingerprint density at radius 2 is 2.29 bits per heavy atom. The number of nitrogens with one attached hydrogen (secondary N) is 2. The number of hydrogen-bond acceptors (Lipinski definition) is 4. The lowest BCUT2D eigenvalue weighted by Crippen LogP contribution is -2.37. The molecule has 1 aliphatic carbocycles. The van der Waals surface area contributed by atoms with Gasteiger partial charge in [-0.15, -0.1) is 0 Å². The average molecular weight is 295 g/mol. The number of likely N-dealkylation sites (N-methyl/N-ethyl adjacent to an activating group) is 1. The molecule has 3 N–H and O–H groups in total. The van der Waals surface area contributed by atoms with Crippen LogP contribution >= 0.6 is 0 Å². The van der Waals surface area contributed by atoms with Crippen LogP contribution in [0.25, 0.3) is 0 Å². The molecule has 0 atom stereocenters. The maximum absolute atomic E-state index is 11.7. The first kappa shape index (κ1) is 15.3. The van der Waals surface area contributed by atoms with E-state index in [9.17, 15) is 9.59 Å². The smallest absolute Gasteiger partial charge is 0.325 e. The van der Waals surface area contributed by atoms with Crippen molar-refractivity contribution in [3.05, 3.63) is 12.4 Å². The zero-order valence-corrected chi connectivity index (χ0v) is 12.1. The second kappa shape index (κ2) is 7.07. The summed E-state index contributed by atoms with van der Waals surface area (Å²) in [6.45, 7) is 4.31. The van der Waals surface area contributed by atoms with E-state index >= 15 is 0 Å². The highest BCUT2D eigenvalue weighted by Crippen LogP contribution is 2.25. The molecule has 1 heterocycles. The number of carboxylic acids is 1. The summed E-state index contributed by atoms with van der Waals surface area (Å²) < 4.78 is 1.25. The first-order valence-corrected chi connectivity index (χ1v) is 7.11. The Hall–Kier alpha value is -2.09. The minimum Gasteiger partial charge on any atom is -0.480 e. The second-order valence-electron chi connectivity index (χ2n) is 5.06. The quantitative estimate of drug-likeness (QED) is 0.651. The lowest BCUT2D eigenvalue weighted by atomic mass is 10.4. The first-order chi connectivity index (χ1) is 10.1. The van der Waals surface area contributed by atoms with E-state index in [0.29, 0.717) is 18.3 Å². The first-order valence-electron chi connectivity index (χ1n) is 7.11. The molecule has 0 spiro atoms. The van der Waals surface area contributed by atoms with Crippen LogP contribution in [0.3, 0.4) is 0 Å².